The van der Waals surface area contributed by atoms with E-state index in [1.165, 1.54) is 18.2 Å². The standard InChI is InChI=1S/C17H18N4O4/c1-11-3-4-14(9-15(11)21(24)25)17(23)19-10-16(22)20-12(2)13-5-7-18-8-6-13/h3-9,12H,10H2,1-2H3,(H,19,23)(H,20,22). The van der Waals surface area contributed by atoms with Gasteiger partial charge < -0.3 is 10.6 Å². The average molecular weight is 342 g/mol. The van der Waals surface area contributed by atoms with Gasteiger partial charge in [-0.25, -0.2) is 0 Å². The van der Waals surface area contributed by atoms with Crippen LogP contribution in [0, 0.1) is 17.0 Å². The van der Waals surface area contributed by atoms with Crippen molar-refractivity contribution in [2.24, 2.45) is 0 Å². The molecule has 1 heterocycles. The number of nitro benzene ring substituents is 1. The first-order chi connectivity index (χ1) is 11.9. The first-order valence-electron chi connectivity index (χ1n) is 7.61. The van der Waals surface area contributed by atoms with E-state index < -0.39 is 10.8 Å². The van der Waals surface area contributed by atoms with Crippen molar-refractivity contribution in [3.05, 3.63) is 69.5 Å². The van der Waals surface area contributed by atoms with Crippen LogP contribution >= 0.6 is 0 Å². The van der Waals surface area contributed by atoms with Crippen molar-refractivity contribution < 1.29 is 14.5 Å². The van der Waals surface area contributed by atoms with Crippen molar-refractivity contribution >= 4 is 17.5 Å². The lowest BCUT2D eigenvalue weighted by atomic mass is 10.1. The van der Waals surface area contributed by atoms with Crippen LogP contribution in [0.25, 0.3) is 0 Å². The number of aromatic nitrogens is 1. The van der Waals surface area contributed by atoms with Crippen LogP contribution in [-0.2, 0) is 4.79 Å². The van der Waals surface area contributed by atoms with Crippen LogP contribution in [0.1, 0.15) is 34.5 Å². The van der Waals surface area contributed by atoms with E-state index in [0.717, 1.165) is 5.56 Å². The van der Waals surface area contributed by atoms with Crippen LogP contribution in [0.5, 0.6) is 0 Å². The number of hydrogen-bond donors (Lipinski definition) is 2. The molecular formula is C17H18N4O4. The van der Waals surface area contributed by atoms with Gasteiger partial charge in [0.1, 0.15) is 0 Å². The van der Waals surface area contributed by atoms with Crippen LogP contribution in [0.3, 0.4) is 0 Å². The van der Waals surface area contributed by atoms with Gasteiger partial charge in [0.25, 0.3) is 11.6 Å². The molecule has 8 nitrogen and oxygen atoms in total. The Morgan fingerprint density at radius 2 is 1.92 bits per heavy atom. The monoisotopic (exact) mass is 342 g/mol. The fourth-order valence-corrected chi connectivity index (χ4v) is 2.24. The average Bonchev–Trinajstić information content (AvgIpc) is 2.60. The lowest BCUT2D eigenvalue weighted by Gasteiger charge is -2.14. The van der Waals surface area contributed by atoms with E-state index >= 15 is 0 Å². The predicted octanol–water partition coefficient (Wildman–Crippen LogP) is 1.91. The van der Waals surface area contributed by atoms with Gasteiger partial charge in [-0.15, -0.1) is 0 Å². The Morgan fingerprint density at radius 1 is 1.24 bits per heavy atom. The lowest BCUT2D eigenvalue weighted by Crippen LogP contribution is -2.38. The number of pyridine rings is 1. The zero-order chi connectivity index (χ0) is 18.4. The van der Waals surface area contributed by atoms with Gasteiger partial charge in [-0.2, -0.15) is 0 Å². The molecule has 0 bridgehead atoms. The van der Waals surface area contributed by atoms with Crippen LogP contribution in [0.2, 0.25) is 0 Å². The quantitative estimate of drug-likeness (QED) is 0.615. The maximum atomic E-state index is 12.1. The second-order valence-electron chi connectivity index (χ2n) is 5.51. The van der Waals surface area contributed by atoms with Crippen molar-refractivity contribution in [1.82, 2.24) is 15.6 Å². The summed E-state index contributed by atoms with van der Waals surface area (Å²) in [5, 5.41) is 16.1. The summed E-state index contributed by atoms with van der Waals surface area (Å²) < 4.78 is 0. The Kier molecular flexibility index (Phi) is 5.78. The molecule has 0 aliphatic carbocycles. The molecule has 2 N–H and O–H groups in total. The Hall–Kier alpha value is -3.29. The van der Waals surface area contributed by atoms with Crippen LogP contribution in [0.15, 0.2) is 42.7 Å². The zero-order valence-corrected chi connectivity index (χ0v) is 13.9. The molecule has 2 aromatic rings. The van der Waals surface area contributed by atoms with Crippen LogP contribution < -0.4 is 10.6 Å². The fourth-order valence-electron chi connectivity index (χ4n) is 2.24. The van der Waals surface area contributed by atoms with Crippen molar-refractivity contribution in [1.29, 1.82) is 0 Å². The van der Waals surface area contributed by atoms with Crippen LogP contribution in [-0.4, -0.2) is 28.3 Å². The summed E-state index contributed by atoms with van der Waals surface area (Å²) in [6.45, 7) is 3.18. The summed E-state index contributed by atoms with van der Waals surface area (Å²) >= 11 is 0. The second kappa shape index (κ2) is 8.00. The summed E-state index contributed by atoms with van der Waals surface area (Å²) in [4.78, 5) is 38.3. The molecule has 0 aliphatic rings. The predicted molar refractivity (Wildman–Crippen MR) is 91.0 cm³/mol. The van der Waals surface area contributed by atoms with Gasteiger partial charge >= 0.3 is 0 Å². The maximum Gasteiger partial charge on any atom is 0.273 e. The number of amides is 2. The van der Waals surface area contributed by atoms with E-state index in [-0.39, 0.29) is 29.7 Å². The molecule has 1 atom stereocenters. The first-order valence-corrected chi connectivity index (χ1v) is 7.61. The molecule has 1 unspecified atom stereocenters. The summed E-state index contributed by atoms with van der Waals surface area (Å²) in [5.74, 6) is -0.908. The maximum absolute atomic E-state index is 12.1. The molecule has 2 amide bonds. The summed E-state index contributed by atoms with van der Waals surface area (Å²) in [5.41, 5.74) is 1.35. The van der Waals surface area contributed by atoms with Crippen LogP contribution in [0.4, 0.5) is 5.69 Å². The Bertz CT molecular complexity index is 792. The smallest absolute Gasteiger partial charge is 0.273 e. The molecule has 0 saturated heterocycles. The molecule has 0 saturated carbocycles. The highest BCUT2D eigenvalue weighted by Gasteiger charge is 2.16. The van der Waals surface area contributed by atoms with Gasteiger partial charge in [-0.05, 0) is 37.6 Å². The SMILES string of the molecule is Cc1ccc(C(=O)NCC(=O)NC(C)c2ccncc2)cc1[N+](=O)[O-]. The number of nitrogens with zero attached hydrogens (tertiary/aromatic N) is 2. The Balaban J connectivity index is 1.92. The molecule has 130 valence electrons. The Morgan fingerprint density at radius 3 is 2.56 bits per heavy atom. The molecule has 0 spiro atoms. The minimum Gasteiger partial charge on any atom is -0.348 e. The number of rotatable bonds is 6. The fraction of sp³-hybridized carbons (Fsp3) is 0.235. The number of nitro groups is 1. The lowest BCUT2D eigenvalue weighted by molar-refractivity contribution is -0.385. The van der Waals surface area contributed by atoms with Gasteiger partial charge in [0.2, 0.25) is 5.91 Å². The van der Waals surface area contributed by atoms with E-state index in [1.54, 1.807) is 31.5 Å². The molecular weight excluding hydrogens is 324 g/mol. The van der Waals surface area contributed by atoms with Gasteiger partial charge in [-0.3, -0.25) is 24.7 Å². The van der Waals surface area contributed by atoms with Gasteiger partial charge in [0.05, 0.1) is 17.5 Å². The number of carbonyl (C=O) groups excluding carboxylic acids is 2. The summed E-state index contributed by atoms with van der Waals surface area (Å²) in [6, 6.07) is 7.52. The minimum atomic E-state index is -0.546. The molecule has 2 rings (SSSR count). The van der Waals surface area contributed by atoms with Gasteiger partial charge in [-0.1, -0.05) is 6.07 Å². The van der Waals surface area contributed by atoms with E-state index in [9.17, 15) is 19.7 Å². The van der Waals surface area contributed by atoms with Crippen molar-refractivity contribution in [2.45, 2.75) is 19.9 Å². The van der Waals surface area contributed by atoms with Crippen molar-refractivity contribution in [3.63, 3.8) is 0 Å². The first kappa shape index (κ1) is 18.1. The summed E-state index contributed by atoms with van der Waals surface area (Å²) in [6.07, 6.45) is 3.26. The molecule has 25 heavy (non-hydrogen) atoms. The van der Waals surface area contributed by atoms with Gasteiger partial charge in [0, 0.05) is 29.6 Å². The highest BCUT2D eigenvalue weighted by atomic mass is 16.6. The number of hydrogen-bond acceptors (Lipinski definition) is 5. The zero-order valence-electron chi connectivity index (χ0n) is 13.9. The second-order valence-corrected chi connectivity index (χ2v) is 5.51. The third-order valence-electron chi connectivity index (χ3n) is 3.66. The molecule has 8 heteroatoms. The number of nitrogens with one attached hydrogen (secondary N) is 2. The van der Waals surface area contributed by atoms with Gasteiger partial charge in [0.15, 0.2) is 0 Å². The van der Waals surface area contributed by atoms with E-state index in [1.807, 2.05) is 6.92 Å². The molecule has 1 aromatic carbocycles. The molecule has 1 aromatic heterocycles. The molecule has 0 radical (unpaired) electrons. The minimum absolute atomic E-state index is 0.132. The van der Waals surface area contributed by atoms with Crippen molar-refractivity contribution in [2.75, 3.05) is 6.54 Å². The normalized spacial score (nSPS) is 11.4. The number of carbonyl (C=O) groups is 2. The Labute approximate surface area is 144 Å². The largest absolute Gasteiger partial charge is 0.348 e. The van der Waals surface area contributed by atoms with E-state index in [2.05, 4.69) is 15.6 Å². The number of aryl methyl sites for hydroxylation is 1. The number of benzene rings is 1. The highest BCUT2D eigenvalue weighted by molar-refractivity contribution is 5.97. The topological polar surface area (TPSA) is 114 Å². The van der Waals surface area contributed by atoms with E-state index in [4.69, 9.17) is 0 Å². The third kappa shape index (κ3) is 4.84. The van der Waals surface area contributed by atoms with E-state index in [0.29, 0.717) is 5.56 Å². The highest BCUT2D eigenvalue weighted by Crippen LogP contribution is 2.19. The summed E-state index contributed by atoms with van der Waals surface area (Å²) in [7, 11) is 0. The van der Waals surface area contributed by atoms with Crippen molar-refractivity contribution in [3.8, 4) is 0 Å². The third-order valence-corrected chi connectivity index (χ3v) is 3.66. The molecule has 0 aliphatic heterocycles. The molecule has 0 fully saturated rings.